The molecule has 1 aliphatic rings. The summed E-state index contributed by atoms with van der Waals surface area (Å²) in [6, 6.07) is 9.93. The second kappa shape index (κ2) is 4.90. The lowest BCUT2D eigenvalue weighted by Crippen LogP contribution is -2.29. The van der Waals surface area contributed by atoms with Gasteiger partial charge in [-0.25, -0.2) is 0 Å². The van der Waals surface area contributed by atoms with Crippen molar-refractivity contribution in [2.75, 3.05) is 20.1 Å². The molecule has 0 amide bonds. The number of hydrogen-bond acceptors (Lipinski definition) is 4. The first kappa shape index (κ1) is 11.4. The van der Waals surface area contributed by atoms with Gasteiger partial charge >= 0.3 is 0 Å². The lowest BCUT2D eigenvalue weighted by molar-refractivity contribution is 0.237. The average molecular weight is 243 g/mol. The molecule has 0 spiro atoms. The molecule has 0 N–H and O–H groups in total. The van der Waals surface area contributed by atoms with Gasteiger partial charge in [-0.05, 0) is 45.1 Å². The van der Waals surface area contributed by atoms with E-state index >= 15 is 0 Å². The van der Waals surface area contributed by atoms with Gasteiger partial charge < -0.3 is 9.32 Å². The molecule has 18 heavy (non-hydrogen) atoms. The number of aromatic nitrogens is 2. The summed E-state index contributed by atoms with van der Waals surface area (Å²) >= 11 is 0. The Morgan fingerprint density at radius 2 is 1.83 bits per heavy atom. The molecule has 4 heteroatoms. The van der Waals surface area contributed by atoms with E-state index in [1.54, 1.807) is 0 Å². The molecule has 2 aromatic rings. The highest BCUT2D eigenvalue weighted by Gasteiger charge is 2.23. The van der Waals surface area contributed by atoms with Gasteiger partial charge in [-0.2, -0.15) is 0 Å². The van der Waals surface area contributed by atoms with E-state index in [0.29, 0.717) is 11.8 Å². The SMILES string of the molecule is CN1CCC(c2nnc(-c3ccccc3)o2)CC1. The third kappa shape index (κ3) is 2.29. The van der Waals surface area contributed by atoms with E-state index in [4.69, 9.17) is 4.42 Å². The van der Waals surface area contributed by atoms with Gasteiger partial charge in [0.2, 0.25) is 11.8 Å². The smallest absolute Gasteiger partial charge is 0.247 e. The maximum absolute atomic E-state index is 5.80. The van der Waals surface area contributed by atoms with Crippen LogP contribution < -0.4 is 0 Å². The Hall–Kier alpha value is -1.68. The minimum Gasteiger partial charge on any atom is -0.420 e. The minimum absolute atomic E-state index is 0.422. The molecule has 0 bridgehead atoms. The van der Waals surface area contributed by atoms with E-state index in [1.165, 1.54) is 0 Å². The van der Waals surface area contributed by atoms with Crippen LogP contribution in [0, 0.1) is 0 Å². The Morgan fingerprint density at radius 3 is 2.56 bits per heavy atom. The average Bonchev–Trinajstić information content (AvgIpc) is 2.90. The van der Waals surface area contributed by atoms with Crippen LogP contribution >= 0.6 is 0 Å². The highest BCUT2D eigenvalue weighted by Crippen LogP contribution is 2.28. The fourth-order valence-electron chi connectivity index (χ4n) is 2.35. The third-order valence-corrected chi connectivity index (χ3v) is 3.53. The largest absolute Gasteiger partial charge is 0.420 e. The summed E-state index contributed by atoms with van der Waals surface area (Å²) < 4.78 is 5.80. The van der Waals surface area contributed by atoms with E-state index < -0.39 is 0 Å². The molecule has 1 saturated heterocycles. The number of rotatable bonds is 2. The summed E-state index contributed by atoms with van der Waals surface area (Å²) in [7, 11) is 2.15. The highest BCUT2D eigenvalue weighted by molar-refractivity contribution is 5.51. The van der Waals surface area contributed by atoms with Gasteiger partial charge in [-0.15, -0.1) is 10.2 Å². The maximum Gasteiger partial charge on any atom is 0.247 e. The van der Waals surface area contributed by atoms with Crippen molar-refractivity contribution in [3.63, 3.8) is 0 Å². The monoisotopic (exact) mass is 243 g/mol. The molecule has 2 heterocycles. The molecule has 1 aliphatic heterocycles. The fourth-order valence-corrected chi connectivity index (χ4v) is 2.35. The van der Waals surface area contributed by atoms with Crippen molar-refractivity contribution in [2.24, 2.45) is 0 Å². The molecule has 0 aliphatic carbocycles. The van der Waals surface area contributed by atoms with E-state index in [2.05, 4.69) is 22.1 Å². The van der Waals surface area contributed by atoms with Gasteiger partial charge in [0.15, 0.2) is 0 Å². The summed E-state index contributed by atoms with van der Waals surface area (Å²) in [5, 5.41) is 8.36. The van der Waals surface area contributed by atoms with Crippen molar-refractivity contribution in [1.82, 2.24) is 15.1 Å². The van der Waals surface area contributed by atoms with Crippen LogP contribution in [0.5, 0.6) is 0 Å². The predicted octanol–water partition coefficient (Wildman–Crippen LogP) is 2.55. The zero-order valence-corrected chi connectivity index (χ0v) is 10.5. The Morgan fingerprint density at radius 1 is 1.11 bits per heavy atom. The van der Waals surface area contributed by atoms with Crippen molar-refractivity contribution in [3.8, 4) is 11.5 Å². The maximum atomic E-state index is 5.80. The van der Waals surface area contributed by atoms with Crippen LogP contribution in [-0.4, -0.2) is 35.2 Å². The molecule has 0 radical (unpaired) electrons. The summed E-state index contributed by atoms with van der Waals surface area (Å²) in [5.41, 5.74) is 0.990. The Bertz CT molecular complexity index is 501. The summed E-state index contributed by atoms with van der Waals surface area (Å²) in [6.45, 7) is 2.21. The predicted molar refractivity (Wildman–Crippen MR) is 69.2 cm³/mol. The molecule has 0 atom stereocenters. The van der Waals surface area contributed by atoms with E-state index in [9.17, 15) is 0 Å². The summed E-state index contributed by atoms with van der Waals surface area (Å²) in [4.78, 5) is 2.34. The third-order valence-electron chi connectivity index (χ3n) is 3.53. The number of benzene rings is 1. The Kier molecular flexibility index (Phi) is 3.11. The number of piperidine rings is 1. The van der Waals surface area contributed by atoms with Gasteiger partial charge in [0.25, 0.3) is 0 Å². The van der Waals surface area contributed by atoms with Gasteiger partial charge in [0, 0.05) is 11.5 Å². The van der Waals surface area contributed by atoms with Crippen LogP contribution in [0.15, 0.2) is 34.7 Å². The number of likely N-dealkylation sites (tertiary alicyclic amines) is 1. The zero-order chi connectivity index (χ0) is 12.4. The van der Waals surface area contributed by atoms with Crippen molar-refractivity contribution in [1.29, 1.82) is 0 Å². The zero-order valence-electron chi connectivity index (χ0n) is 10.5. The summed E-state index contributed by atoms with van der Waals surface area (Å²) in [6.07, 6.45) is 2.21. The van der Waals surface area contributed by atoms with E-state index in [-0.39, 0.29) is 0 Å². The molecular formula is C14H17N3O. The quantitative estimate of drug-likeness (QED) is 0.813. The Balaban J connectivity index is 1.78. The van der Waals surface area contributed by atoms with E-state index in [0.717, 1.165) is 37.4 Å². The first-order valence-electron chi connectivity index (χ1n) is 6.40. The van der Waals surface area contributed by atoms with Gasteiger partial charge in [-0.3, -0.25) is 0 Å². The first-order valence-corrected chi connectivity index (χ1v) is 6.40. The lowest BCUT2D eigenvalue weighted by atomic mass is 9.97. The molecule has 1 aromatic heterocycles. The van der Waals surface area contributed by atoms with Gasteiger partial charge in [-0.1, -0.05) is 18.2 Å². The van der Waals surface area contributed by atoms with Crippen molar-refractivity contribution >= 4 is 0 Å². The van der Waals surface area contributed by atoms with Crippen LogP contribution in [-0.2, 0) is 0 Å². The Labute approximate surface area is 107 Å². The van der Waals surface area contributed by atoms with Crippen LogP contribution in [0.2, 0.25) is 0 Å². The molecule has 4 nitrogen and oxygen atoms in total. The fraction of sp³-hybridized carbons (Fsp3) is 0.429. The minimum atomic E-state index is 0.422. The van der Waals surface area contributed by atoms with Crippen molar-refractivity contribution in [3.05, 3.63) is 36.2 Å². The molecule has 0 unspecified atom stereocenters. The second-order valence-electron chi connectivity index (χ2n) is 4.89. The van der Waals surface area contributed by atoms with Gasteiger partial charge in [0.1, 0.15) is 0 Å². The molecule has 1 fully saturated rings. The van der Waals surface area contributed by atoms with Crippen LogP contribution in [0.3, 0.4) is 0 Å². The van der Waals surface area contributed by atoms with Crippen molar-refractivity contribution in [2.45, 2.75) is 18.8 Å². The first-order chi connectivity index (χ1) is 8.83. The van der Waals surface area contributed by atoms with E-state index in [1.807, 2.05) is 30.3 Å². The molecule has 3 rings (SSSR count). The van der Waals surface area contributed by atoms with Crippen LogP contribution in [0.1, 0.15) is 24.7 Å². The number of nitrogens with zero attached hydrogens (tertiary/aromatic N) is 3. The molecule has 0 saturated carbocycles. The lowest BCUT2D eigenvalue weighted by Gasteiger charge is -2.26. The highest BCUT2D eigenvalue weighted by atomic mass is 16.4. The van der Waals surface area contributed by atoms with Gasteiger partial charge in [0.05, 0.1) is 0 Å². The van der Waals surface area contributed by atoms with Crippen LogP contribution in [0.4, 0.5) is 0 Å². The summed E-state index contributed by atoms with van der Waals surface area (Å²) in [5.74, 6) is 1.85. The van der Waals surface area contributed by atoms with Crippen molar-refractivity contribution < 1.29 is 4.42 Å². The standard InChI is InChI=1S/C14H17N3O/c1-17-9-7-12(8-10-17)14-16-15-13(18-14)11-5-3-2-4-6-11/h2-6,12H,7-10H2,1H3. The topological polar surface area (TPSA) is 42.2 Å². The molecule has 94 valence electrons. The molecule has 1 aromatic carbocycles. The number of hydrogen-bond donors (Lipinski definition) is 0. The normalized spacial score (nSPS) is 18.1. The second-order valence-corrected chi connectivity index (χ2v) is 4.89. The molecular weight excluding hydrogens is 226 g/mol. The van der Waals surface area contributed by atoms with Crippen LogP contribution in [0.25, 0.3) is 11.5 Å².